The molecule has 138 valence electrons. The SMILES string of the molecule is CC(C)c1nnc(C(=O)N2CCN(C(=O)OCc3ccccc3)CC2)o1. The number of ether oxygens (including phenoxy) is 1. The average Bonchev–Trinajstić information content (AvgIpc) is 3.17. The van der Waals surface area contributed by atoms with E-state index in [1.165, 1.54) is 0 Å². The monoisotopic (exact) mass is 358 g/mol. The second kappa shape index (κ2) is 7.99. The predicted molar refractivity (Wildman–Crippen MR) is 92.5 cm³/mol. The Hall–Kier alpha value is -2.90. The van der Waals surface area contributed by atoms with Gasteiger partial charge in [0, 0.05) is 32.1 Å². The summed E-state index contributed by atoms with van der Waals surface area (Å²) in [5.41, 5.74) is 0.937. The van der Waals surface area contributed by atoms with Gasteiger partial charge in [-0.15, -0.1) is 10.2 Å². The van der Waals surface area contributed by atoms with E-state index in [2.05, 4.69) is 10.2 Å². The Bertz CT molecular complexity index is 752. The molecule has 0 N–H and O–H groups in total. The van der Waals surface area contributed by atoms with Crippen LogP contribution in [0.15, 0.2) is 34.7 Å². The van der Waals surface area contributed by atoms with E-state index in [4.69, 9.17) is 9.15 Å². The van der Waals surface area contributed by atoms with Crippen LogP contribution in [0.5, 0.6) is 0 Å². The van der Waals surface area contributed by atoms with Crippen molar-refractivity contribution in [1.82, 2.24) is 20.0 Å². The van der Waals surface area contributed by atoms with Crippen LogP contribution >= 0.6 is 0 Å². The van der Waals surface area contributed by atoms with Crippen molar-refractivity contribution in [3.05, 3.63) is 47.7 Å². The van der Waals surface area contributed by atoms with Crippen LogP contribution in [0.25, 0.3) is 0 Å². The van der Waals surface area contributed by atoms with E-state index >= 15 is 0 Å². The van der Waals surface area contributed by atoms with Gasteiger partial charge in [-0.25, -0.2) is 4.79 Å². The highest BCUT2D eigenvalue weighted by Crippen LogP contribution is 2.14. The van der Waals surface area contributed by atoms with Gasteiger partial charge < -0.3 is 19.0 Å². The summed E-state index contributed by atoms with van der Waals surface area (Å²) in [6.07, 6.45) is -0.374. The van der Waals surface area contributed by atoms with Crippen LogP contribution in [0.4, 0.5) is 4.79 Å². The fourth-order valence-electron chi connectivity index (χ4n) is 2.59. The largest absolute Gasteiger partial charge is 0.445 e. The number of benzene rings is 1. The van der Waals surface area contributed by atoms with Crippen molar-refractivity contribution in [2.75, 3.05) is 26.2 Å². The smallest absolute Gasteiger partial charge is 0.410 e. The third-order valence-corrected chi connectivity index (χ3v) is 4.15. The molecule has 2 heterocycles. The quantitative estimate of drug-likeness (QED) is 0.833. The number of piperazine rings is 1. The number of rotatable bonds is 4. The molecule has 1 aromatic carbocycles. The van der Waals surface area contributed by atoms with Gasteiger partial charge in [0.2, 0.25) is 5.89 Å². The van der Waals surface area contributed by atoms with Crippen molar-refractivity contribution >= 4 is 12.0 Å². The molecule has 8 nitrogen and oxygen atoms in total. The van der Waals surface area contributed by atoms with Crippen LogP contribution in [0, 0.1) is 0 Å². The van der Waals surface area contributed by atoms with Gasteiger partial charge in [-0.1, -0.05) is 44.2 Å². The molecule has 26 heavy (non-hydrogen) atoms. The molecule has 0 radical (unpaired) electrons. The number of carbonyl (C=O) groups excluding carboxylic acids is 2. The molecule has 2 aromatic rings. The van der Waals surface area contributed by atoms with E-state index in [9.17, 15) is 9.59 Å². The fraction of sp³-hybridized carbons (Fsp3) is 0.444. The highest BCUT2D eigenvalue weighted by Gasteiger charge is 2.28. The van der Waals surface area contributed by atoms with Crippen molar-refractivity contribution < 1.29 is 18.7 Å². The molecule has 1 aliphatic heterocycles. The summed E-state index contributed by atoms with van der Waals surface area (Å²) in [5.74, 6) is 0.201. The molecule has 0 unspecified atom stereocenters. The first-order chi connectivity index (χ1) is 12.5. The Morgan fingerprint density at radius 1 is 1.08 bits per heavy atom. The third kappa shape index (κ3) is 4.19. The van der Waals surface area contributed by atoms with Gasteiger partial charge in [0.05, 0.1) is 0 Å². The molecule has 1 aromatic heterocycles. The van der Waals surface area contributed by atoms with Gasteiger partial charge >= 0.3 is 17.9 Å². The number of hydrogen-bond donors (Lipinski definition) is 0. The lowest BCUT2D eigenvalue weighted by atomic mass is 10.2. The number of aromatic nitrogens is 2. The first-order valence-corrected chi connectivity index (χ1v) is 8.63. The Kier molecular flexibility index (Phi) is 5.50. The molecule has 1 fully saturated rings. The maximum absolute atomic E-state index is 12.4. The molecule has 0 spiro atoms. The maximum Gasteiger partial charge on any atom is 0.410 e. The molecule has 0 atom stereocenters. The van der Waals surface area contributed by atoms with E-state index in [1.54, 1.807) is 9.80 Å². The number of amides is 2. The van der Waals surface area contributed by atoms with Crippen molar-refractivity contribution in [2.24, 2.45) is 0 Å². The summed E-state index contributed by atoms with van der Waals surface area (Å²) in [7, 11) is 0. The summed E-state index contributed by atoms with van der Waals surface area (Å²) in [5, 5.41) is 7.70. The summed E-state index contributed by atoms with van der Waals surface area (Å²) in [6.45, 7) is 5.69. The number of hydrogen-bond acceptors (Lipinski definition) is 6. The highest BCUT2D eigenvalue weighted by molar-refractivity contribution is 5.89. The van der Waals surface area contributed by atoms with Crippen LogP contribution in [0.1, 0.15) is 41.9 Å². The van der Waals surface area contributed by atoms with Crippen molar-refractivity contribution in [3.8, 4) is 0 Å². The predicted octanol–water partition coefficient (Wildman–Crippen LogP) is 2.29. The van der Waals surface area contributed by atoms with Gasteiger partial charge in [0.15, 0.2) is 0 Å². The first-order valence-electron chi connectivity index (χ1n) is 8.63. The van der Waals surface area contributed by atoms with Crippen molar-refractivity contribution in [2.45, 2.75) is 26.4 Å². The molecule has 1 aliphatic rings. The van der Waals surface area contributed by atoms with Crippen molar-refractivity contribution in [1.29, 1.82) is 0 Å². The Morgan fingerprint density at radius 2 is 1.73 bits per heavy atom. The van der Waals surface area contributed by atoms with Crippen LogP contribution in [0.3, 0.4) is 0 Å². The molecule has 8 heteroatoms. The summed E-state index contributed by atoms with van der Waals surface area (Å²) >= 11 is 0. The van der Waals surface area contributed by atoms with Gasteiger partial charge in [0.1, 0.15) is 6.61 Å². The van der Waals surface area contributed by atoms with Crippen LogP contribution in [0.2, 0.25) is 0 Å². The minimum absolute atomic E-state index is 0.00574. The summed E-state index contributed by atoms with van der Waals surface area (Å²) < 4.78 is 10.7. The Balaban J connectivity index is 1.48. The Morgan fingerprint density at radius 3 is 2.35 bits per heavy atom. The summed E-state index contributed by atoms with van der Waals surface area (Å²) in [6, 6.07) is 9.51. The molecule has 3 rings (SSSR count). The second-order valence-corrected chi connectivity index (χ2v) is 6.42. The van der Waals surface area contributed by atoms with E-state index in [-0.39, 0.29) is 30.4 Å². The molecular formula is C18H22N4O4. The minimum atomic E-state index is -0.374. The number of carbonyl (C=O) groups is 2. The normalized spacial score (nSPS) is 14.6. The lowest BCUT2D eigenvalue weighted by molar-refractivity contribution is 0.0514. The molecule has 0 saturated carbocycles. The van der Waals surface area contributed by atoms with Crippen LogP contribution in [-0.2, 0) is 11.3 Å². The van der Waals surface area contributed by atoms with E-state index in [0.717, 1.165) is 5.56 Å². The molecule has 1 saturated heterocycles. The van der Waals surface area contributed by atoms with Gasteiger partial charge in [-0.05, 0) is 5.56 Å². The zero-order chi connectivity index (χ0) is 18.5. The molecule has 2 amide bonds. The molecule has 0 bridgehead atoms. The van der Waals surface area contributed by atoms with E-state index < -0.39 is 0 Å². The minimum Gasteiger partial charge on any atom is -0.445 e. The molecular weight excluding hydrogens is 336 g/mol. The van der Waals surface area contributed by atoms with Crippen LogP contribution in [-0.4, -0.2) is 58.2 Å². The third-order valence-electron chi connectivity index (χ3n) is 4.15. The zero-order valence-corrected chi connectivity index (χ0v) is 14.9. The van der Waals surface area contributed by atoms with Gasteiger partial charge in [0.25, 0.3) is 0 Å². The Labute approximate surface area is 151 Å². The highest BCUT2D eigenvalue weighted by atomic mass is 16.6. The van der Waals surface area contributed by atoms with Gasteiger partial charge in [-0.2, -0.15) is 0 Å². The van der Waals surface area contributed by atoms with Crippen LogP contribution < -0.4 is 0 Å². The van der Waals surface area contributed by atoms with Gasteiger partial charge in [-0.3, -0.25) is 4.79 Å². The van der Waals surface area contributed by atoms with E-state index in [0.29, 0.717) is 32.1 Å². The van der Waals surface area contributed by atoms with Crippen molar-refractivity contribution in [3.63, 3.8) is 0 Å². The first kappa shape index (κ1) is 17.9. The fourth-order valence-corrected chi connectivity index (χ4v) is 2.59. The average molecular weight is 358 g/mol. The second-order valence-electron chi connectivity index (χ2n) is 6.42. The zero-order valence-electron chi connectivity index (χ0n) is 14.9. The maximum atomic E-state index is 12.4. The lowest BCUT2D eigenvalue weighted by Gasteiger charge is -2.33. The number of nitrogens with zero attached hydrogens (tertiary/aromatic N) is 4. The summed E-state index contributed by atoms with van der Waals surface area (Å²) in [4.78, 5) is 27.8. The lowest BCUT2D eigenvalue weighted by Crippen LogP contribution is -2.50. The standard InChI is InChI=1S/C18H22N4O4/c1-13(2)15-19-20-16(26-15)17(23)21-8-10-22(11-9-21)18(24)25-12-14-6-4-3-5-7-14/h3-7,13H,8-12H2,1-2H3. The van der Waals surface area contributed by atoms with E-state index in [1.807, 2.05) is 44.2 Å². The topological polar surface area (TPSA) is 88.8 Å². The molecule has 0 aliphatic carbocycles.